The van der Waals surface area contributed by atoms with Gasteiger partial charge < -0.3 is 4.90 Å². The minimum Gasteiger partial charge on any atom is -0.330 e. The molecule has 0 N–H and O–H groups in total. The van der Waals surface area contributed by atoms with Crippen LogP contribution in [0.1, 0.15) is 41.4 Å². The Balaban J connectivity index is 1.71. The Kier molecular flexibility index (Phi) is 3.61. The average molecular weight is 329 g/mol. The van der Waals surface area contributed by atoms with Crippen molar-refractivity contribution in [1.82, 2.24) is 14.3 Å². The summed E-state index contributed by atoms with van der Waals surface area (Å²) in [5, 5.41) is 2.02. The number of amides is 1. The topological polar surface area (TPSA) is 37.6 Å². The maximum absolute atomic E-state index is 13.4. The monoisotopic (exact) mass is 329 g/mol. The van der Waals surface area contributed by atoms with Crippen molar-refractivity contribution in [1.29, 1.82) is 0 Å². The molecule has 1 amide bonds. The first-order valence-corrected chi connectivity index (χ1v) is 8.58. The molecule has 23 heavy (non-hydrogen) atoms. The van der Waals surface area contributed by atoms with E-state index in [9.17, 15) is 9.18 Å². The molecule has 0 aliphatic carbocycles. The van der Waals surface area contributed by atoms with Gasteiger partial charge in [-0.25, -0.2) is 9.37 Å². The van der Waals surface area contributed by atoms with Gasteiger partial charge in [-0.1, -0.05) is 6.07 Å². The molecule has 0 spiro atoms. The van der Waals surface area contributed by atoms with Crippen molar-refractivity contribution in [2.24, 2.45) is 0 Å². The molecule has 0 radical (unpaired) electrons. The van der Waals surface area contributed by atoms with E-state index in [4.69, 9.17) is 0 Å². The van der Waals surface area contributed by atoms with Gasteiger partial charge in [0.05, 0.1) is 11.7 Å². The quantitative estimate of drug-likeness (QED) is 0.715. The summed E-state index contributed by atoms with van der Waals surface area (Å²) in [6, 6.07) is 5.88. The number of hydrogen-bond acceptors (Lipinski definition) is 3. The maximum Gasteiger partial charge on any atom is 0.254 e. The summed E-state index contributed by atoms with van der Waals surface area (Å²) in [6.45, 7) is 0.685. The van der Waals surface area contributed by atoms with Crippen LogP contribution < -0.4 is 0 Å². The number of benzene rings is 1. The van der Waals surface area contributed by atoms with E-state index in [0.29, 0.717) is 12.1 Å². The Labute approximate surface area is 137 Å². The second-order valence-corrected chi connectivity index (χ2v) is 6.66. The van der Waals surface area contributed by atoms with Crippen LogP contribution in [0.15, 0.2) is 42.2 Å². The number of piperidine rings is 1. The van der Waals surface area contributed by atoms with Gasteiger partial charge in [-0.2, -0.15) is 0 Å². The van der Waals surface area contributed by atoms with E-state index in [1.54, 1.807) is 29.8 Å². The molecule has 1 aliphatic heterocycles. The summed E-state index contributed by atoms with van der Waals surface area (Å²) in [5.41, 5.74) is 1.35. The van der Waals surface area contributed by atoms with E-state index in [1.165, 1.54) is 12.1 Å². The number of hydrogen-bond donors (Lipinski definition) is 0. The smallest absolute Gasteiger partial charge is 0.254 e. The van der Waals surface area contributed by atoms with Crippen LogP contribution in [0.5, 0.6) is 0 Å². The number of nitrogens with zero attached hydrogens (tertiary/aromatic N) is 3. The van der Waals surface area contributed by atoms with Crippen LogP contribution in [-0.2, 0) is 0 Å². The van der Waals surface area contributed by atoms with Crippen molar-refractivity contribution >= 4 is 22.1 Å². The molecule has 3 heterocycles. The van der Waals surface area contributed by atoms with E-state index in [2.05, 4.69) is 4.98 Å². The number of thiazole rings is 1. The van der Waals surface area contributed by atoms with Gasteiger partial charge in [0.1, 0.15) is 17.0 Å². The van der Waals surface area contributed by atoms with Gasteiger partial charge >= 0.3 is 0 Å². The zero-order chi connectivity index (χ0) is 15.8. The van der Waals surface area contributed by atoms with Gasteiger partial charge in [0.25, 0.3) is 5.91 Å². The molecule has 0 saturated carbocycles. The molecule has 4 nitrogen and oxygen atoms in total. The fourth-order valence-electron chi connectivity index (χ4n) is 3.23. The predicted octanol–water partition coefficient (Wildman–Crippen LogP) is 3.90. The summed E-state index contributed by atoms with van der Waals surface area (Å²) < 4.78 is 15.4. The van der Waals surface area contributed by atoms with Gasteiger partial charge in [-0.15, -0.1) is 11.3 Å². The van der Waals surface area contributed by atoms with Gasteiger partial charge in [0.15, 0.2) is 0 Å². The Hall–Kier alpha value is -2.21. The molecular weight excluding hydrogens is 313 g/mol. The third-order valence-corrected chi connectivity index (χ3v) is 5.23. The van der Waals surface area contributed by atoms with Crippen LogP contribution in [0.2, 0.25) is 0 Å². The van der Waals surface area contributed by atoms with Crippen molar-refractivity contribution in [3.63, 3.8) is 0 Å². The third kappa shape index (κ3) is 2.53. The van der Waals surface area contributed by atoms with E-state index in [1.807, 2.05) is 20.9 Å². The molecule has 1 atom stereocenters. The summed E-state index contributed by atoms with van der Waals surface area (Å²) in [6.07, 6.45) is 6.70. The molecule has 1 saturated heterocycles. The van der Waals surface area contributed by atoms with Crippen molar-refractivity contribution in [2.75, 3.05) is 6.54 Å². The van der Waals surface area contributed by atoms with E-state index < -0.39 is 0 Å². The fraction of sp³-hybridized carbons (Fsp3) is 0.294. The highest BCUT2D eigenvalue weighted by Gasteiger charge is 2.31. The largest absolute Gasteiger partial charge is 0.330 e. The molecule has 2 aromatic heterocycles. The molecule has 0 bridgehead atoms. The highest BCUT2D eigenvalue weighted by molar-refractivity contribution is 7.15. The van der Waals surface area contributed by atoms with E-state index in [-0.39, 0.29) is 17.8 Å². The first-order valence-electron chi connectivity index (χ1n) is 7.70. The van der Waals surface area contributed by atoms with Crippen LogP contribution in [0.25, 0.3) is 4.83 Å². The fourth-order valence-corrected chi connectivity index (χ4v) is 4.09. The summed E-state index contributed by atoms with van der Waals surface area (Å²) >= 11 is 1.63. The van der Waals surface area contributed by atoms with Crippen molar-refractivity contribution in [2.45, 2.75) is 25.3 Å². The Bertz CT molecular complexity index is 856. The average Bonchev–Trinajstić information content (AvgIpc) is 3.17. The number of fused-ring (bicyclic) bond motifs is 1. The normalized spacial score (nSPS) is 18.5. The Morgan fingerprint density at radius 1 is 1.35 bits per heavy atom. The third-order valence-electron chi connectivity index (χ3n) is 4.33. The van der Waals surface area contributed by atoms with Crippen molar-refractivity contribution < 1.29 is 9.18 Å². The highest BCUT2D eigenvalue weighted by Crippen LogP contribution is 2.34. The van der Waals surface area contributed by atoms with Gasteiger partial charge in [-0.3, -0.25) is 9.20 Å². The second-order valence-electron chi connectivity index (χ2n) is 5.77. The number of imidazole rings is 1. The lowest BCUT2D eigenvalue weighted by Crippen LogP contribution is -2.38. The molecule has 1 fully saturated rings. The Morgan fingerprint density at radius 3 is 3.13 bits per heavy atom. The lowest BCUT2D eigenvalue weighted by atomic mass is 9.98. The van der Waals surface area contributed by atoms with E-state index in [0.717, 1.165) is 29.8 Å². The second kappa shape index (κ2) is 5.77. The molecule has 6 heteroatoms. The molecule has 1 aromatic carbocycles. The van der Waals surface area contributed by atoms with Crippen molar-refractivity contribution in [3.8, 4) is 0 Å². The summed E-state index contributed by atoms with van der Waals surface area (Å²) in [5.74, 6) is -0.501. The zero-order valence-electron chi connectivity index (χ0n) is 12.5. The maximum atomic E-state index is 13.4. The molecule has 118 valence electrons. The summed E-state index contributed by atoms with van der Waals surface area (Å²) in [7, 11) is 0. The van der Waals surface area contributed by atoms with Gasteiger partial charge in [-0.05, 0) is 37.5 Å². The number of carbonyl (C=O) groups excluding carboxylic acids is 1. The number of halogens is 1. The highest BCUT2D eigenvalue weighted by atomic mass is 32.1. The predicted molar refractivity (Wildman–Crippen MR) is 87.1 cm³/mol. The van der Waals surface area contributed by atoms with Crippen LogP contribution in [0, 0.1) is 5.82 Å². The number of carbonyl (C=O) groups is 1. The molecular formula is C17H16FN3OS. The zero-order valence-corrected chi connectivity index (χ0v) is 13.3. The van der Waals surface area contributed by atoms with Crippen molar-refractivity contribution in [3.05, 3.63) is 59.2 Å². The lowest BCUT2D eigenvalue weighted by Gasteiger charge is -2.35. The summed E-state index contributed by atoms with van der Waals surface area (Å²) in [4.78, 5) is 20.3. The molecule has 3 aromatic rings. The van der Waals surface area contributed by atoms with Crippen LogP contribution in [0.3, 0.4) is 0 Å². The minimum absolute atomic E-state index is 0.0387. The van der Waals surface area contributed by atoms with Crippen LogP contribution in [-0.4, -0.2) is 26.7 Å². The van der Waals surface area contributed by atoms with Crippen LogP contribution >= 0.6 is 11.3 Å². The lowest BCUT2D eigenvalue weighted by molar-refractivity contribution is 0.0608. The molecule has 1 aliphatic rings. The number of likely N-dealkylation sites (tertiary alicyclic amines) is 1. The number of aromatic nitrogens is 2. The minimum atomic E-state index is -0.382. The molecule has 1 unspecified atom stereocenters. The number of rotatable bonds is 2. The first-order chi connectivity index (χ1) is 11.2. The first kappa shape index (κ1) is 14.4. The molecule has 4 rings (SSSR count). The van der Waals surface area contributed by atoms with Gasteiger partial charge in [0.2, 0.25) is 0 Å². The van der Waals surface area contributed by atoms with Gasteiger partial charge in [0, 0.05) is 23.7 Å². The van der Waals surface area contributed by atoms with E-state index >= 15 is 0 Å². The Morgan fingerprint density at radius 2 is 2.26 bits per heavy atom. The van der Waals surface area contributed by atoms with Crippen LogP contribution in [0.4, 0.5) is 4.39 Å². The standard InChI is InChI=1S/C17H16FN3OS/c18-13-5-3-4-12(10-13)16(22)21-7-2-1-6-14(21)15-17-20(11-19-15)8-9-23-17/h3-5,8-11,14H,1-2,6-7H2. The SMILES string of the molecule is O=C(c1cccc(F)c1)N1CCCCC1c1ncn2ccsc12.